The van der Waals surface area contributed by atoms with Crippen molar-refractivity contribution in [2.75, 3.05) is 6.54 Å². The van der Waals surface area contributed by atoms with Crippen molar-refractivity contribution in [3.63, 3.8) is 0 Å². The van der Waals surface area contributed by atoms with Gasteiger partial charge in [-0.15, -0.1) is 0 Å². The summed E-state index contributed by atoms with van der Waals surface area (Å²) in [6.45, 7) is 4.71. The Morgan fingerprint density at radius 3 is 2.65 bits per heavy atom. The zero-order valence-corrected chi connectivity index (χ0v) is 10.9. The minimum Gasteiger partial charge on any atom is -0.352 e. The number of carbonyl (C=O) groups excluding carboxylic acids is 1. The number of benzene rings is 1. The summed E-state index contributed by atoms with van der Waals surface area (Å²) in [7, 11) is 0. The molecule has 1 amide bonds. The van der Waals surface area contributed by atoms with E-state index in [-0.39, 0.29) is 10.6 Å². The van der Waals surface area contributed by atoms with Crippen LogP contribution in [0.4, 0.5) is 4.39 Å². The van der Waals surface area contributed by atoms with Crippen LogP contribution < -0.4 is 5.32 Å². The number of rotatable bonds is 5. The molecule has 1 rings (SSSR count). The second-order valence-electron chi connectivity index (χ2n) is 3.99. The molecule has 0 heterocycles. The van der Waals surface area contributed by atoms with E-state index in [1.165, 1.54) is 12.1 Å². The van der Waals surface area contributed by atoms with Gasteiger partial charge in [0, 0.05) is 6.54 Å². The van der Waals surface area contributed by atoms with Crippen molar-refractivity contribution >= 4 is 17.5 Å². The third kappa shape index (κ3) is 3.70. The van der Waals surface area contributed by atoms with Crippen molar-refractivity contribution in [2.24, 2.45) is 5.92 Å². The lowest BCUT2D eigenvalue weighted by Gasteiger charge is -2.13. The summed E-state index contributed by atoms with van der Waals surface area (Å²) in [6.07, 6.45) is 1.99. The highest BCUT2D eigenvalue weighted by atomic mass is 35.5. The predicted octanol–water partition coefficient (Wildman–Crippen LogP) is 3.65. The summed E-state index contributed by atoms with van der Waals surface area (Å²) in [5, 5.41) is 2.70. The monoisotopic (exact) mass is 257 g/mol. The number of nitrogens with one attached hydrogen (secondary N) is 1. The Labute approximate surface area is 106 Å². The van der Waals surface area contributed by atoms with Gasteiger partial charge in [-0.3, -0.25) is 4.79 Å². The Morgan fingerprint density at radius 2 is 2.06 bits per heavy atom. The summed E-state index contributed by atoms with van der Waals surface area (Å²) >= 11 is 5.62. The first-order valence-electron chi connectivity index (χ1n) is 5.82. The largest absolute Gasteiger partial charge is 0.352 e. The van der Waals surface area contributed by atoms with E-state index in [4.69, 9.17) is 11.6 Å². The summed E-state index contributed by atoms with van der Waals surface area (Å²) in [6, 6.07) is 4.43. The average molecular weight is 258 g/mol. The Bertz CT molecular complexity index is 391. The minimum atomic E-state index is -0.656. The van der Waals surface area contributed by atoms with Crippen LogP contribution in [0.3, 0.4) is 0 Å². The fourth-order valence-electron chi connectivity index (χ4n) is 1.59. The zero-order chi connectivity index (χ0) is 12.8. The minimum absolute atomic E-state index is 0.00320. The molecule has 0 aliphatic heterocycles. The highest BCUT2D eigenvalue weighted by Crippen LogP contribution is 2.17. The van der Waals surface area contributed by atoms with Gasteiger partial charge in [0.15, 0.2) is 5.82 Å². The molecule has 0 aromatic heterocycles. The van der Waals surface area contributed by atoms with Gasteiger partial charge in [0.2, 0.25) is 0 Å². The van der Waals surface area contributed by atoms with E-state index in [9.17, 15) is 9.18 Å². The van der Waals surface area contributed by atoms with E-state index in [0.29, 0.717) is 12.5 Å². The maximum absolute atomic E-state index is 13.5. The van der Waals surface area contributed by atoms with E-state index in [0.717, 1.165) is 12.8 Å². The summed E-state index contributed by atoms with van der Waals surface area (Å²) in [5.41, 5.74) is 0.00320. The van der Waals surface area contributed by atoms with Crippen LogP contribution in [0.2, 0.25) is 5.02 Å². The molecule has 0 fully saturated rings. The Kier molecular flexibility index (Phi) is 5.42. The van der Waals surface area contributed by atoms with Crippen LogP contribution in [0.1, 0.15) is 37.0 Å². The highest BCUT2D eigenvalue weighted by molar-refractivity contribution is 6.31. The van der Waals surface area contributed by atoms with E-state index in [2.05, 4.69) is 19.2 Å². The Balaban J connectivity index is 2.67. The number of amides is 1. The van der Waals surface area contributed by atoms with E-state index >= 15 is 0 Å². The van der Waals surface area contributed by atoms with Gasteiger partial charge in [-0.2, -0.15) is 0 Å². The topological polar surface area (TPSA) is 29.1 Å². The van der Waals surface area contributed by atoms with Crippen LogP contribution >= 0.6 is 11.6 Å². The molecule has 1 aromatic rings. The maximum atomic E-state index is 13.5. The van der Waals surface area contributed by atoms with Gasteiger partial charge >= 0.3 is 0 Å². The zero-order valence-electron chi connectivity index (χ0n) is 10.1. The van der Waals surface area contributed by atoms with Crippen molar-refractivity contribution in [3.05, 3.63) is 34.6 Å². The third-order valence-corrected chi connectivity index (χ3v) is 3.19. The molecule has 0 aliphatic carbocycles. The fourth-order valence-corrected chi connectivity index (χ4v) is 1.76. The summed E-state index contributed by atoms with van der Waals surface area (Å²) < 4.78 is 13.5. The van der Waals surface area contributed by atoms with Gasteiger partial charge in [0.05, 0.1) is 10.6 Å². The van der Waals surface area contributed by atoms with E-state index in [1.807, 2.05) is 0 Å². The highest BCUT2D eigenvalue weighted by Gasteiger charge is 2.14. The first-order valence-corrected chi connectivity index (χ1v) is 6.20. The lowest BCUT2D eigenvalue weighted by Crippen LogP contribution is -2.29. The standard InChI is InChI=1S/C13H17ClFNO/c1-3-9(4-2)8-16-13(17)10-6-5-7-11(14)12(10)15/h5-7,9H,3-4,8H2,1-2H3,(H,16,17). The molecule has 94 valence electrons. The molecular formula is C13H17ClFNO. The van der Waals surface area contributed by atoms with Crippen LogP contribution in [0, 0.1) is 11.7 Å². The van der Waals surface area contributed by atoms with Crippen molar-refractivity contribution < 1.29 is 9.18 Å². The number of carbonyl (C=O) groups is 1. The molecular weight excluding hydrogens is 241 g/mol. The van der Waals surface area contributed by atoms with Crippen molar-refractivity contribution in [2.45, 2.75) is 26.7 Å². The van der Waals surface area contributed by atoms with Crippen molar-refractivity contribution in [1.29, 1.82) is 0 Å². The smallest absolute Gasteiger partial charge is 0.254 e. The van der Waals surface area contributed by atoms with Crippen LogP contribution in [0.25, 0.3) is 0 Å². The number of hydrogen-bond acceptors (Lipinski definition) is 1. The van der Waals surface area contributed by atoms with Gasteiger partial charge in [-0.05, 0) is 18.1 Å². The third-order valence-electron chi connectivity index (χ3n) is 2.90. The molecule has 0 aliphatic rings. The van der Waals surface area contributed by atoms with Crippen LogP contribution in [0.5, 0.6) is 0 Å². The first kappa shape index (κ1) is 14.0. The SMILES string of the molecule is CCC(CC)CNC(=O)c1cccc(Cl)c1F. The van der Waals surface area contributed by atoms with E-state index < -0.39 is 11.7 Å². The van der Waals surface area contributed by atoms with Gasteiger partial charge in [0.1, 0.15) is 0 Å². The van der Waals surface area contributed by atoms with Crippen LogP contribution in [0.15, 0.2) is 18.2 Å². The maximum Gasteiger partial charge on any atom is 0.254 e. The molecule has 0 radical (unpaired) electrons. The quantitative estimate of drug-likeness (QED) is 0.857. The molecule has 0 spiro atoms. The van der Waals surface area contributed by atoms with Crippen LogP contribution in [-0.2, 0) is 0 Å². The normalized spacial score (nSPS) is 10.6. The number of halogens is 2. The van der Waals surface area contributed by atoms with Gasteiger partial charge < -0.3 is 5.32 Å². The van der Waals surface area contributed by atoms with Gasteiger partial charge in [0.25, 0.3) is 5.91 Å². The second-order valence-corrected chi connectivity index (χ2v) is 4.40. The molecule has 0 bridgehead atoms. The fraction of sp³-hybridized carbons (Fsp3) is 0.462. The molecule has 17 heavy (non-hydrogen) atoms. The molecule has 0 unspecified atom stereocenters. The van der Waals surface area contributed by atoms with Crippen LogP contribution in [-0.4, -0.2) is 12.5 Å². The number of hydrogen-bond donors (Lipinski definition) is 1. The Hall–Kier alpha value is -1.09. The molecule has 0 atom stereocenters. The summed E-state index contributed by atoms with van der Waals surface area (Å²) in [5.74, 6) is -0.630. The molecule has 4 heteroatoms. The molecule has 1 N–H and O–H groups in total. The van der Waals surface area contributed by atoms with Crippen molar-refractivity contribution in [1.82, 2.24) is 5.32 Å². The lowest BCUT2D eigenvalue weighted by molar-refractivity contribution is 0.0942. The summed E-state index contributed by atoms with van der Waals surface area (Å²) in [4.78, 5) is 11.7. The second kappa shape index (κ2) is 6.60. The van der Waals surface area contributed by atoms with Gasteiger partial charge in [-0.1, -0.05) is 44.4 Å². The average Bonchev–Trinajstić information content (AvgIpc) is 2.33. The lowest BCUT2D eigenvalue weighted by atomic mass is 10.0. The first-order chi connectivity index (χ1) is 8.10. The van der Waals surface area contributed by atoms with E-state index in [1.54, 1.807) is 6.07 Å². The molecule has 1 aromatic carbocycles. The predicted molar refractivity (Wildman–Crippen MR) is 67.8 cm³/mol. The molecule has 0 saturated carbocycles. The Morgan fingerprint density at radius 1 is 1.41 bits per heavy atom. The molecule has 0 saturated heterocycles. The van der Waals surface area contributed by atoms with Crippen molar-refractivity contribution in [3.8, 4) is 0 Å². The molecule has 2 nitrogen and oxygen atoms in total. The van der Waals surface area contributed by atoms with Gasteiger partial charge in [-0.25, -0.2) is 4.39 Å².